The first-order chi connectivity index (χ1) is 8.15. The molecule has 1 aromatic heterocycles. The monoisotopic (exact) mass is 234 g/mol. The fourth-order valence-electron chi connectivity index (χ4n) is 2.22. The maximum atomic E-state index is 13.9. The minimum absolute atomic E-state index is 0.118. The summed E-state index contributed by atoms with van der Waals surface area (Å²) in [5.41, 5.74) is 2.08. The van der Waals surface area contributed by atoms with Crippen molar-refractivity contribution in [2.24, 2.45) is 0 Å². The molecule has 2 rings (SSSR count). The van der Waals surface area contributed by atoms with Gasteiger partial charge in [-0.15, -0.1) is 0 Å². The molecular weight excluding hydrogens is 215 g/mol. The summed E-state index contributed by atoms with van der Waals surface area (Å²) in [7, 11) is 1.91. The van der Waals surface area contributed by atoms with Gasteiger partial charge in [-0.1, -0.05) is 6.07 Å². The first-order valence-corrected chi connectivity index (χ1v) is 6.07. The second-order valence-electron chi connectivity index (χ2n) is 4.64. The maximum Gasteiger partial charge on any atom is 0.132 e. The van der Waals surface area contributed by atoms with E-state index in [2.05, 4.69) is 29.9 Å². The molecule has 92 valence electrons. The largest absolute Gasteiger partial charge is 0.345 e. The summed E-state index contributed by atoms with van der Waals surface area (Å²) in [6.07, 6.45) is 2.93. The predicted octanol–water partition coefficient (Wildman–Crippen LogP) is 3.12. The minimum atomic E-state index is -0.118. The number of hydrogen-bond donors (Lipinski definition) is 1. The minimum Gasteiger partial charge on any atom is -0.345 e. The van der Waals surface area contributed by atoms with Crippen LogP contribution in [0.1, 0.15) is 25.5 Å². The number of nitrogens with zero attached hydrogens (tertiary/aromatic N) is 1. The van der Waals surface area contributed by atoms with Gasteiger partial charge in [0.1, 0.15) is 5.82 Å². The number of benzene rings is 1. The van der Waals surface area contributed by atoms with Gasteiger partial charge in [-0.05, 0) is 51.6 Å². The van der Waals surface area contributed by atoms with Crippen LogP contribution in [0.2, 0.25) is 0 Å². The Hall–Kier alpha value is -1.35. The number of fused-ring (bicyclic) bond motifs is 1. The van der Waals surface area contributed by atoms with Gasteiger partial charge in [0.2, 0.25) is 0 Å². The molecule has 0 aliphatic rings. The summed E-state index contributed by atoms with van der Waals surface area (Å²) >= 11 is 0. The summed E-state index contributed by atoms with van der Waals surface area (Å²) in [4.78, 5) is 0. The Bertz CT molecular complexity index is 514. The Balaban J connectivity index is 2.59. The van der Waals surface area contributed by atoms with Crippen LogP contribution in [-0.4, -0.2) is 18.2 Å². The van der Waals surface area contributed by atoms with E-state index in [-0.39, 0.29) is 5.82 Å². The highest BCUT2D eigenvalue weighted by Crippen LogP contribution is 2.27. The van der Waals surface area contributed by atoms with Crippen LogP contribution in [0.25, 0.3) is 10.9 Å². The Kier molecular flexibility index (Phi) is 3.48. The van der Waals surface area contributed by atoms with Crippen molar-refractivity contribution in [2.45, 2.75) is 26.3 Å². The van der Waals surface area contributed by atoms with E-state index < -0.39 is 0 Å². The van der Waals surface area contributed by atoms with Gasteiger partial charge in [-0.2, -0.15) is 0 Å². The predicted molar refractivity (Wildman–Crippen MR) is 69.9 cm³/mol. The number of hydrogen-bond acceptors (Lipinski definition) is 1. The van der Waals surface area contributed by atoms with E-state index >= 15 is 0 Å². The molecule has 1 aromatic carbocycles. The molecule has 17 heavy (non-hydrogen) atoms. The normalized spacial score (nSPS) is 11.6. The van der Waals surface area contributed by atoms with Crippen molar-refractivity contribution < 1.29 is 4.39 Å². The van der Waals surface area contributed by atoms with Crippen molar-refractivity contribution >= 4 is 10.9 Å². The van der Waals surface area contributed by atoms with E-state index in [0.29, 0.717) is 6.04 Å². The van der Waals surface area contributed by atoms with Gasteiger partial charge in [-0.25, -0.2) is 4.39 Å². The third-order valence-electron chi connectivity index (χ3n) is 3.09. The molecule has 0 saturated heterocycles. The fourth-order valence-corrected chi connectivity index (χ4v) is 2.22. The van der Waals surface area contributed by atoms with Gasteiger partial charge in [0.05, 0.1) is 5.52 Å². The molecule has 0 spiro atoms. The van der Waals surface area contributed by atoms with E-state index in [9.17, 15) is 4.39 Å². The maximum absolute atomic E-state index is 13.9. The van der Waals surface area contributed by atoms with E-state index in [1.165, 1.54) is 6.07 Å². The fraction of sp³-hybridized carbons (Fsp3) is 0.429. The lowest BCUT2D eigenvalue weighted by Crippen LogP contribution is -2.10. The average Bonchev–Trinajstić information content (AvgIpc) is 2.67. The molecule has 2 nitrogen and oxygen atoms in total. The van der Waals surface area contributed by atoms with Gasteiger partial charge >= 0.3 is 0 Å². The van der Waals surface area contributed by atoms with Gasteiger partial charge in [-0.3, -0.25) is 0 Å². The smallest absolute Gasteiger partial charge is 0.132 e. The van der Waals surface area contributed by atoms with Crippen LogP contribution in [0.3, 0.4) is 0 Å². The molecule has 1 heterocycles. The molecule has 0 bridgehead atoms. The van der Waals surface area contributed by atoms with E-state index in [4.69, 9.17) is 0 Å². The highest BCUT2D eigenvalue weighted by Gasteiger charge is 2.13. The van der Waals surface area contributed by atoms with Crippen molar-refractivity contribution in [1.82, 2.24) is 9.88 Å². The zero-order valence-electron chi connectivity index (χ0n) is 10.6. The lowest BCUT2D eigenvalue weighted by molar-refractivity contribution is 0.618. The third kappa shape index (κ3) is 2.20. The van der Waals surface area contributed by atoms with Crippen LogP contribution in [0.5, 0.6) is 0 Å². The lowest BCUT2D eigenvalue weighted by Gasteiger charge is -2.08. The molecule has 1 N–H and O–H groups in total. The summed E-state index contributed by atoms with van der Waals surface area (Å²) in [6.45, 7) is 5.10. The molecular formula is C14H19FN2. The summed E-state index contributed by atoms with van der Waals surface area (Å²) in [6, 6.07) is 5.65. The number of nitrogens with one attached hydrogen (secondary N) is 1. The standard InChI is InChI=1S/C14H19FN2/c1-10(2)17-9-11(7-8-16-3)14-12(15)5-4-6-13(14)17/h4-6,9-10,16H,7-8H2,1-3H3. The lowest BCUT2D eigenvalue weighted by atomic mass is 10.1. The summed E-state index contributed by atoms with van der Waals surface area (Å²) < 4.78 is 16.1. The quantitative estimate of drug-likeness (QED) is 0.860. The Labute approximate surface area is 101 Å². The highest BCUT2D eigenvalue weighted by atomic mass is 19.1. The first-order valence-electron chi connectivity index (χ1n) is 6.07. The SMILES string of the molecule is CNCCc1cn(C(C)C)c2cccc(F)c12. The number of rotatable bonds is 4. The first kappa shape index (κ1) is 12.1. The molecule has 0 aliphatic heterocycles. The molecule has 0 unspecified atom stereocenters. The van der Waals surface area contributed by atoms with Crippen molar-refractivity contribution in [1.29, 1.82) is 0 Å². The van der Waals surface area contributed by atoms with Crippen LogP contribution in [-0.2, 0) is 6.42 Å². The van der Waals surface area contributed by atoms with Crippen LogP contribution in [0.4, 0.5) is 4.39 Å². The topological polar surface area (TPSA) is 17.0 Å². The second-order valence-corrected chi connectivity index (χ2v) is 4.64. The number of likely N-dealkylation sites (N-methyl/N-ethyl adjacent to an activating group) is 1. The van der Waals surface area contributed by atoms with Gasteiger partial charge < -0.3 is 9.88 Å². The van der Waals surface area contributed by atoms with E-state index in [1.54, 1.807) is 6.07 Å². The Morgan fingerprint density at radius 3 is 2.76 bits per heavy atom. The Morgan fingerprint density at radius 2 is 2.12 bits per heavy atom. The second kappa shape index (κ2) is 4.88. The average molecular weight is 234 g/mol. The van der Waals surface area contributed by atoms with Crippen molar-refractivity contribution in [3.8, 4) is 0 Å². The molecule has 0 amide bonds. The van der Waals surface area contributed by atoms with Crippen molar-refractivity contribution in [3.63, 3.8) is 0 Å². The van der Waals surface area contributed by atoms with Crippen molar-refractivity contribution in [3.05, 3.63) is 35.8 Å². The molecule has 0 radical (unpaired) electrons. The third-order valence-corrected chi connectivity index (χ3v) is 3.09. The molecule has 3 heteroatoms. The van der Waals surface area contributed by atoms with Crippen LogP contribution < -0.4 is 5.32 Å². The summed E-state index contributed by atoms with van der Waals surface area (Å²) in [5.74, 6) is -0.118. The number of halogens is 1. The van der Waals surface area contributed by atoms with Gasteiger partial charge in [0, 0.05) is 17.6 Å². The number of aromatic nitrogens is 1. The van der Waals surface area contributed by atoms with Crippen LogP contribution in [0.15, 0.2) is 24.4 Å². The van der Waals surface area contributed by atoms with Gasteiger partial charge in [0.25, 0.3) is 0 Å². The molecule has 0 fully saturated rings. The zero-order valence-corrected chi connectivity index (χ0v) is 10.6. The zero-order chi connectivity index (χ0) is 12.4. The molecule has 0 aliphatic carbocycles. The van der Waals surface area contributed by atoms with Gasteiger partial charge in [0.15, 0.2) is 0 Å². The van der Waals surface area contributed by atoms with E-state index in [0.717, 1.165) is 29.4 Å². The van der Waals surface area contributed by atoms with Crippen LogP contribution >= 0.6 is 0 Å². The molecule has 2 aromatic rings. The molecule has 0 saturated carbocycles. The Morgan fingerprint density at radius 1 is 1.35 bits per heavy atom. The van der Waals surface area contributed by atoms with Crippen molar-refractivity contribution in [2.75, 3.05) is 13.6 Å². The van der Waals surface area contributed by atoms with Crippen LogP contribution in [0, 0.1) is 5.82 Å². The molecule has 0 atom stereocenters. The van der Waals surface area contributed by atoms with E-state index in [1.807, 2.05) is 13.1 Å². The summed E-state index contributed by atoms with van der Waals surface area (Å²) in [5, 5.41) is 3.88. The highest BCUT2D eigenvalue weighted by molar-refractivity contribution is 5.84.